The second-order valence-corrected chi connectivity index (χ2v) is 5.96. The number of carbonyl (C=O) groups is 1. The Balaban J connectivity index is 1.47. The molecule has 1 aliphatic carbocycles. The molecule has 1 aromatic rings. The second kappa shape index (κ2) is 6.94. The zero-order chi connectivity index (χ0) is 14.5. The van der Waals surface area contributed by atoms with E-state index in [1.165, 1.54) is 0 Å². The van der Waals surface area contributed by atoms with Crippen LogP contribution in [0.1, 0.15) is 37.9 Å². The van der Waals surface area contributed by atoms with Crippen LogP contribution in [0.4, 0.5) is 0 Å². The number of likely N-dealkylation sites (tertiary alicyclic amines) is 1. The summed E-state index contributed by atoms with van der Waals surface area (Å²) in [5.41, 5.74) is 0. The molecule has 1 fully saturated rings. The molecule has 1 aliphatic heterocycles. The molecular formula is C17H23NO3. The van der Waals surface area contributed by atoms with Gasteiger partial charge in [0.25, 0.3) is 0 Å². The zero-order valence-corrected chi connectivity index (χ0v) is 12.4. The summed E-state index contributed by atoms with van der Waals surface area (Å²) < 4.78 is 11.0. The molecule has 0 N–H and O–H groups in total. The maximum atomic E-state index is 12.1. The van der Waals surface area contributed by atoms with Crippen molar-refractivity contribution in [3.8, 4) is 0 Å². The fourth-order valence-corrected chi connectivity index (χ4v) is 3.20. The first kappa shape index (κ1) is 14.4. The highest BCUT2D eigenvalue weighted by Gasteiger charge is 2.28. The van der Waals surface area contributed by atoms with Crippen molar-refractivity contribution in [2.75, 3.05) is 13.2 Å². The van der Waals surface area contributed by atoms with Crippen LogP contribution in [-0.4, -0.2) is 30.1 Å². The predicted molar refractivity (Wildman–Crippen MR) is 79.6 cm³/mol. The standard InChI is InChI=1S/C17H23NO3/c19-17(14-6-2-1-3-7-14)21-13-15-8-4-10-18(15)12-16-9-5-11-20-16/h1-2,5,9,11,14-15H,3-4,6-8,10,12-13H2/t14-,15+/m1/s1. The van der Waals surface area contributed by atoms with Crippen LogP contribution in [0.3, 0.4) is 0 Å². The number of esters is 1. The molecular weight excluding hydrogens is 266 g/mol. The number of nitrogens with zero attached hydrogens (tertiary/aromatic N) is 1. The van der Waals surface area contributed by atoms with Crippen LogP contribution in [0.15, 0.2) is 35.0 Å². The van der Waals surface area contributed by atoms with Gasteiger partial charge in [-0.1, -0.05) is 12.2 Å². The van der Waals surface area contributed by atoms with E-state index in [0.29, 0.717) is 12.6 Å². The van der Waals surface area contributed by atoms with Gasteiger partial charge in [-0.25, -0.2) is 0 Å². The zero-order valence-electron chi connectivity index (χ0n) is 12.4. The van der Waals surface area contributed by atoms with Gasteiger partial charge in [0, 0.05) is 6.04 Å². The fourth-order valence-electron chi connectivity index (χ4n) is 3.20. The van der Waals surface area contributed by atoms with Crippen molar-refractivity contribution in [2.45, 2.75) is 44.7 Å². The van der Waals surface area contributed by atoms with Gasteiger partial charge in [0.05, 0.1) is 18.7 Å². The first-order valence-electron chi connectivity index (χ1n) is 7.91. The van der Waals surface area contributed by atoms with Crippen molar-refractivity contribution < 1.29 is 13.9 Å². The third kappa shape index (κ3) is 3.76. The molecule has 4 heteroatoms. The Morgan fingerprint density at radius 1 is 1.38 bits per heavy atom. The van der Waals surface area contributed by atoms with Crippen LogP contribution in [-0.2, 0) is 16.1 Å². The van der Waals surface area contributed by atoms with Gasteiger partial charge < -0.3 is 9.15 Å². The number of ether oxygens (including phenoxy) is 1. The normalized spacial score (nSPS) is 26.1. The third-order valence-corrected chi connectivity index (χ3v) is 4.46. The molecule has 0 amide bonds. The number of rotatable bonds is 5. The summed E-state index contributed by atoms with van der Waals surface area (Å²) in [4.78, 5) is 14.4. The Labute approximate surface area is 125 Å². The van der Waals surface area contributed by atoms with Gasteiger partial charge in [-0.3, -0.25) is 9.69 Å². The predicted octanol–water partition coefficient (Wildman–Crippen LogP) is 3.14. The van der Waals surface area contributed by atoms with Crippen LogP contribution in [0.2, 0.25) is 0 Å². The summed E-state index contributed by atoms with van der Waals surface area (Å²) in [6, 6.07) is 4.24. The summed E-state index contributed by atoms with van der Waals surface area (Å²) >= 11 is 0. The van der Waals surface area contributed by atoms with Crippen LogP contribution in [0.25, 0.3) is 0 Å². The largest absolute Gasteiger partial charge is 0.468 e. The number of furan rings is 1. The molecule has 3 rings (SSSR count). The molecule has 1 aromatic heterocycles. The van der Waals surface area contributed by atoms with Gasteiger partial charge in [0.2, 0.25) is 0 Å². The van der Waals surface area contributed by atoms with Crippen molar-refractivity contribution in [2.24, 2.45) is 5.92 Å². The molecule has 0 radical (unpaired) electrons. The second-order valence-electron chi connectivity index (χ2n) is 5.96. The first-order valence-corrected chi connectivity index (χ1v) is 7.91. The minimum atomic E-state index is -0.0239. The van der Waals surface area contributed by atoms with E-state index in [9.17, 15) is 4.79 Å². The number of allylic oxidation sites excluding steroid dienone is 2. The highest BCUT2D eigenvalue weighted by molar-refractivity contribution is 5.72. The van der Waals surface area contributed by atoms with Crippen molar-refractivity contribution >= 4 is 5.97 Å². The highest BCUT2D eigenvalue weighted by Crippen LogP contribution is 2.23. The van der Waals surface area contributed by atoms with Crippen molar-refractivity contribution in [3.63, 3.8) is 0 Å². The van der Waals surface area contributed by atoms with Crippen LogP contribution in [0, 0.1) is 5.92 Å². The Morgan fingerprint density at radius 3 is 3.10 bits per heavy atom. The van der Waals surface area contributed by atoms with E-state index in [-0.39, 0.29) is 11.9 Å². The smallest absolute Gasteiger partial charge is 0.309 e. The number of hydrogen-bond donors (Lipinski definition) is 0. The maximum absolute atomic E-state index is 12.1. The Bertz CT molecular complexity index is 480. The van der Waals surface area contributed by atoms with E-state index in [0.717, 1.165) is 51.0 Å². The third-order valence-electron chi connectivity index (χ3n) is 4.46. The lowest BCUT2D eigenvalue weighted by Crippen LogP contribution is -2.34. The number of carbonyl (C=O) groups excluding carboxylic acids is 1. The average molecular weight is 289 g/mol. The minimum absolute atomic E-state index is 0.0239. The SMILES string of the molecule is O=C(OC[C@@H]1CCCN1Cc1ccco1)[C@@H]1CC=CCC1. The average Bonchev–Trinajstić information content (AvgIpc) is 3.18. The minimum Gasteiger partial charge on any atom is -0.468 e. The molecule has 0 spiro atoms. The van der Waals surface area contributed by atoms with Crippen LogP contribution in [0.5, 0.6) is 0 Å². The molecule has 2 atom stereocenters. The van der Waals surface area contributed by atoms with Gasteiger partial charge in [-0.05, 0) is 50.8 Å². The monoisotopic (exact) mass is 289 g/mol. The molecule has 2 aliphatic rings. The summed E-state index contributed by atoms with van der Waals surface area (Å²) in [7, 11) is 0. The Hall–Kier alpha value is -1.55. The molecule has 0 saturated carbocycles. The quantitative estimate of drug-likeness (QED) is 0.617. The maximum Gasteiger partial charge on any atom is 0.309 e. The van der Waals surface area contributed by atoms with E-state index in [4.69, 9.17) is 9.15 Å². The van der Waals surface area contributed by atoms with E-state index < -0.39 is 0 Å². The molecule has 0 bridgehead atoms. The lowest BCUT2D eigenvalue weighted by Gasteiger charge is -2.24. The molecule has 114 valence electrons. The van der Waals surface area contributed by atoms with Crippen molar-refractivity contribution in [3.05, 3.63) is 36.3 Å². The first-order chi connectivity index (χ1) is 10.3. The van der Waals surface area contributed by atoms with Gasteiger partial charge in [-0.2, -0.15) is 0 Å². The Kier molecular flexibility index (Phi) is 4.76. The molecule has 4 nitrogen and oxygen atoms in total. The van der Waals surface area contributed by atoms with E-state index in [2.05, 4.69) is 17.1 Å². The van der Waals surface area contributed by atoms with E-state index >= 15 is 0 Å². The summed E-state index contributed by atoms with van der Waals surface area (Å²) in [6.07, 6.45) is 11.0. The molecule has 0 aromatic carbocycles. The van der Waals surface area contributed by atoms with Gasteiger partial charge in [-0.15, -0.1) is 0 Å². The summed E-state index contributed by atoms with van der Waals surface area (Å²) in [5, 5.41) is 0. The van der Waals surface area contributed by atoms with Crippen LogP contribution >= 0.6 is 0 Å². The lowest BCUT2D eigenvalue weighted by molar-refractivity contribution is -0.150. The van der Waals surface area contributed by atoms with Crippen LogP contribution < -0.4 is 0 Å². The van der Waals surface area contributed by atoms with Gasteiger partial charge >= 0.3 is 5.97 Å². The van der Waals surface area contributed by atoms with Gasteiger partial charge in [0.15, 0.2) is 0 Å². The van der Waals surface area contributed by atoms with Crippen molar-refractivity contribution in [1.82, 2.24) is 4.90 Å². The summed E-state index contributed by atoms with van der Waals surface area (Å²) in [5.74, 6) is 1.02. The molecule has 21 heavy (non-hydrogen) atoms. The molecule has 2 heterocycles. The van der Waals surface area contributed by atoms with E-state index in [1.807, 2.05) is 12.1 Å². The highest BCUT2D eigenvalue weighted by atomic mass is 16.5. The Morgan fingerprint density at radius 2 is 2.33 bits per heavy atom. The van der Waals surface area contributed by atoms with Crippen molar-refractivity contribution in [1.29, 1.82) is 0 Å². The lowest BCUT2D eigenvalue weighted by atomic mass is 9.95. The topological polar surface area (TPSA) is 42.7 Å². The summed E-state index contributed by atoms with van der Waals surface area (Å²) in [6.45, 7) is 2.37. The van der Waals surface area contributed by atoms with E-state index in [1.54, 1.807) is 6.26 Å². The fraction of sp³-hybridized carbons (Fsp3) is 0.588. The molecule has 1 saturated heterocycles. The molecule has 0 unspecified atom stereocenters. The van der Waals surface area contributed by atoms with Gasteiger partial charge in [0.1, 0.15) is 12.4 Å². The number of hydrogen-bond acceptors (Lipinski definition) is 4.